The van der Waals surface area contributed by atoms with Crippen LogP contribution >= 0.6 is 0 Å². The van der Waals surface area contributed by atoms with E-state index in [0.717, 1.165) is 10.9 Å². The molecule has 0 bridgehead atoms. The van der Waals surface area contributed by atoms with Crippen LogP contribution in [0.15, 0.2) is 30.5 Å². The molecule has 0 amide bonds. The maximum Gasteiger partial charge on any atom is 0.265 e. The smallest absolute Gasteiger partial charge is 0.265 e. The number of ketones is 1. The highest BCUT2D eigenvalue weighted by molar-refractivity contribution is 6.00. The van der Waals surface area contributed by atoms with Crippen molar-refractivity contribution in [3.05, 3.63) is 46.1 Å². The number of benzene rings is 1. The van der Waals surface area contributed by atoms with E-state index < -0.39 is 17.3 Å². The standard InChI is InChI=1S/C11H10N2O3/c1-12-5-4-8-6-9(2-3-10(8)12)11(14)7-13(15)16/h2-6H,7H2,1H3. The molecule has 1 heterocycles. The van der Waals surface area contributed by atoms with Crippen molar-refractivity contribution in [2.75, 3.05) is 6.54 Å². The zero-order valence-electron chi connectivity index (χ0n) is 8.71. The van der Waals surface area contributed by atoms with Gasteiger partial charge in [-0.25, -0.2) is 0 Å². The van der Waals surface area contributed by atoms with Crippen molar-refractivity contribution >= 4 is 16.7 Å². The second kappa shape index (κ2) is 3.77. The first-order valence-corrected chi connectivity index (χ1v) is 4.78. The molecule has 0 saturated carbocycles. The molecule has 16 heavy (non-hydrogen) atoms. The van der Waals surface area contributed by atoms with Gasteiger partial charge in [0.2, 0.25) is 5.78 Å². The molecule has 0 radical (unpaired) electrons. The molecule has 0 aliphatic heterocycles. The van der Waals surface area contributed by atoms with E-state index >= 15 is 0 Å². The molecule has 1 aromatic heterocycles. The summed E-state index contributed by atoms with van der Waals surface area (Å²) < 4.78 is 1.93. The van der Waals surface area contributed by atoms with Crippen molar-refractivity contribution < 1.29 is 9.72 Å². The Bertz CT molecular complexity index is 572. The molecule has 0 fully saturated rings. The van der Waals surface area contributed by atoms with E-state index in [4.69, 9.17) is 0 Å². The van der Waals surface area contributed by atoms with Gasteiger partial charge < -0.3 is 4.57 Å². The molecule has 2 aromatic rings. The van der Waals surface area contributed by atoms with E-state index in [1.54, 1.807) is 18.2 Å². The predicted molar refractivity (Wildman–Crippen MR) is 59.1 cm³/mol. The van der Waals surface area contributed by atoms with Gasteiger partial charge in [-0.15, -0.1) is 0 Å². The minimum Gasteiger partial charge on any atom is -0.351 e. The highest BCUT2D eigenvalue weighted by Gasteiger charge is 2.13. The van der Waals surface area contributed by atoms with Crippen LogP contribution in [0.25, 0.3) is 10.9 Å². The Morgan fingerprint density at radius 3 is 2.88 bits per heavy atom. The van der Waals surface area contributed by atoms with Gasteiger partial charge in [0.05, 0.1) is 0 Å². The molecule has 5 nitrogen and oxygen atoms in total. The van der Waals surface area contributed by atoms with Crippen molar-refractivity contribution in [2.45, 2.75) is 0 Å². The van der Waals surface area contributed by atoms with Gasteiger partial charge in [-0.3, -0.25) is 14.9 Å². The third kappa shape index (κ3) is 1.79. The molecule has 0 spiro atoms. The number of hydrogen-bond acceptors (Lipinski definition) is 3. The number of aryl methyl sites for hydroxylation is 1. The van der Waals surface area contributed by atoms with Gasteiger partial charge in [-0.2, -0.15) is 0 Å². The lowest BCUT2D eigenvalue weighted by molar-refractivity contribution is -0.465. The zero-order chi connectivity index (χ0) is 11.7. The van der Waals surface area contributed by atoms with Crippen molar-refractivity contribution in [1.82, 2.24) is 4.57 Å². The maximum atomic E-state index is 11.5. The lowest BCUT2D eigenvalue weighted by Crippen LogP contribution is -2.13. The summed E-state index contributed by atoms with van der Waals surface area (Å²) in [6.07, 6.45) is 1.88. The molecule has 0 aliphatic rings. The average Bonchev–Trinajstić information content (AvgIpc) is 2.59. The van der Waals surface area contributed by atoms with Gasteiger partial charge in [-0.1, -0.05) is 0 Å². The van der Waals surface area contributed by atoms with Crippen molar-refractivity contribution in [1.29, 1.82) is 0 Å². The Labute approximate surface area is 91.4 Å². The highest BCUT2D eigenvalue weighted by Crippen LogP contribution is 2.16. The summed E-state index contributed by atoms with van der Waals surface area (Å²) in [4.78, 5) is 21.1. The van der Waals surface area contributed by atoms with Crippen LogP contribution in [0, 0.1) is 10.1 Å². The van der Waals surface area contributed by atoms with Crippen LogP contribution in [0.2, 0.25) is 0 Å². The fourth-order valence-electron chi connectivity index (χ4n) is 1.66. The van der Waals surface area contributed by atoms with E-state index in [1.165, 1.54) is 0 Å². The molecular weight excluding hydrogens is 208 g/mol. The Hall–Kier alpha value is -2.17. The van der Waals surface area contributed by atoms with Gasteiger partial charge in [0, 0.05) is 34.6 Å². The van der Waals surface area contributed by atoms with Crippen LogP contribution in [0.3, 0.4) is 0 Å². The maximum absolute atomic E-state index is 11.5. The van der Waals surface area contributed by atoms with Crippen LogP contribution < -0.4 is 0 Å². The van der Waals surface area contributed by atoms with E-state index in [-0.39, 0.29) is 0 Å². The molecule has 1 aromatic carbocycles. The Morgan fingerprint density at radius 1 is 1.44 bits per heavy atom. The Balaban J connectivity index is 2.39. The molecular formula is C11H10N2O3. The number of aromatic nitrogens is 1. The van der Waals surface area contributed by atoms with Crippen molar-refractivity contribution in [2.24, 2.45) is 7.05 Å². The van der Waals surface area contributed by atoms with E-state index in [0.29, 0.717) is 5.56 Å². The molecule has 0 atom stereocenters. The third-order valence-electron chi connectivity index (χ3n) is 2.48. The minimum absolute atomic E-state index is 0.385. The van der Waals surface area contributed by atoms with Gasteiger partial charge >= 0.3 is 0 Å². The lowest BCUT2D eigenvalue weighted by atomic mass is 10.1. The molecule has 0 saturated heterocycles. The molecule has 0 N–H and O–H groups in total. The second-order valence-corrected chi connectivity index (χ2v) is 3.61. The van der Waals surface area contributed by atoms with E-state index in [1.807, 2.05) is 23.9 Å². The topological polar surface area (TPSA) is 65.1 Å². The van der Waals surface area contributed by atoms with E-state index in [2.05, 4.69) is 0 Å². The molecule has 2 rings (SSSR count). The number of nitro groups is 1. The first-order chi connectivity index (χ1) is 7.58. The van der Waals surface area contributed by atoms with Gasteiger partial charge in [0.1, 0.15) is 0 Å². The third-order valence-corrected chi connectivity index (χ3v) is 2.48. The lowest BCUT2D eigenvalue weighted by Gasteiger charge is -1.99. The quantitative estimate of drug-likeness (QED) is 0.447. The van der Waals surface area contributed by atoms with Crippen LogP contribution in [-0.4, -0.2) is 21.8 Å². The molecule has 0 unspecified atom stereocenters. The Morgan fingerprint density at radius 2 is 2.19 bits per heavy atom. The Kier molecular flexibility index (Phi) is 2.44. The number of carbonyl (C=O) groups excluding carboxylic acids is 1. The fourth-order valence-corrected chi connectivity index (χ4v) is 1.66. The number of carbonyl (C=O) groups is 1. The first kappa shape index (κ1) is 10.4. The van der Waals surface area contributed by atoms with E-state index in [9.17, 15) is 14.9 Å². The second-order valence-electron chi connectivity index (χ2n) is 3.61. The van der Waals surface area contributed by atoms with Gasteiger partial charge in [-0.05, 0) is 24.3 Å². The summed E-state index contributed by atoms with van der Waals surface area (Å²) in [6, 6.07) is 6.97. The number of fused-ring (bicyclic) bond motifs is 1. The summed E-state index contributed by atoms with van der Waals surface area (Å²) in [7, 11) is 1.90. The van der Waals surface area contributed by atoms with Crippen LogP contribution in [0.5, 0.6) is 0 Å². The predicted octanol–water partition coefficient (Wildman–Crippen LogP) is 1.64. The molecule has 82 valence electrons. The SMILES string of the molecule is Cn1ccc2cc(C(=O)C[N+](=O)[O-])ccc21. The average molecular weight is 218 g/mol. The minimum atomic E-state index is -0.654. The van der Waals surface area contributed by atoms with Gasteiger partial charge in [0.25, 0.3) is 6.54 Å². The summed E-state index contributed by atoms with van der Waals surface area (Å²) in [5.41, 5.74) is 1.38. The molecule has 0 aliphatic carbocycles. The molecule has 5 heteroatoms. The summed E-state index contributed by atoms with van der Waals surface area (Å²) in [5.74, 6) is -0.462. The van der Waals surface area contributed by atoms with Crippen molar-refractivity contribution in [3.8, 4) is 0 Å². The summed E-state index contributed by atoms with van der Waals surface area (Å²) in [6.45, 7) is -0.654. The van der Waals surface area contributed by atoms with Crippen LogP contribution in [-0.2, 0) is 7.05 Å². The number of rotatable bonds is 3. The summed E-state index contributed by atoms with van der Waals surface area (Å²) >= 11 is 0. The number of hydrogen-bond donors (Lipinski definition) is 0. The van der Waals surface area contributed by atoms with Crippen LogP contribution in [0.1, 0.15) is 10.4 Å². The highest BCUT2D eigenvalue weighted by atomic mass is 16.6. The monoisotopic (exact) mass is 218 g/mol. The first-order valence-electron chi connectivity index (χ1n) is 4.78. The van der Waals surface area contributed by atoms with Crippen LogP contribution in [0.4, 0.5) is 0 Å². The number of Topliss-reactive ketones (excluding diaryl/α,β-unsaturated/α-hetero) is 1. The largest absolute Gasteiger partial charge is 0.351 e. The normalized spacial score (nSPS) is 10.6. The van der Waals surface area contributed by atoms with Crippen molar-refractivity contribution in [3.63, 3.8) is 0 Å². The summed E-state index contributed by atoms with van der Waals surface area (Å²) in [5, 5.41) is 11.1. The van der Waals surface area contributed by atoms with Gasteiger partial charge in [0.15, 0.2) is 0 Å². The number of nitrogens with zero attached hydrogens (tertiary/aromatic N) is 2. The fraction of sp³-hybridized carbons (Fsp3) is 0.182. The zero-order valence-corrected chi connectivity index (χ0v) is 8.71.